The Labute approximate surface area is 584 Å². The molecule has 0 atom stereocenters. The number of hydrogen-bond donors (Lipinski definition) is 0. The molecule has 0 spiro atoms. The number of nitrogens with zero attached hydrogens (tertiary/aromatic N) is 3. The second-order valence-corrected chi connectivity index (χ2v) is 34.4. The van der Waals surface area contributed by atoms with Crippen LogP contribution in [0.15, 0.2) is 373 Å². The van der Waals surface area contributed by atoms with Crippen molar-refractivity contribution in [3.05, 3.63) is 375 Å². The smallest absolute Gasteiger partial charge is 0.252 e. The fraction of sp³-hybridized carbons (Fsp3) is 0.0217. The number of hydrogen-bond acceptors (Lipinski definition) is 5. The highest BCUT2D eigenvalue weighted by molar-refractivity contribution is 7.20. The van der Waals surface area contributed by atoms with E-state index >= 15 is 0 Å². The Balaban J connectivity index is 0.967. The van der Waals surface area contributed by atoms with Gasteiger partial charge in [-0.3, -0.25) is 0 Å². The first-order chi connectivity index (χ1) is 49.4. The van der Waals surface area contributed by atoms with E-state index in [4.69, 9.17) is 8.83 Å². The van der Waals surface area contributed by atoms with Gasteiger partial charge in [0.25, 0.3) is 6.71 Å². The minimum atomic E-state index is -3.10. The molecule has 0 N–H and O–H groups in total. The highest BCUT2D eigenvalue weighted by atomic mass is 28.3. The topological polar surface area (TPSA) is 36.0 Å². The average molecular weight is 1310 g/mol. The zero-order valence-corrected chi connectivity index (χ0v) is 57.4. The Morgan fingerprint density at radius 1 is 0.260 bits per heavy atom. The molecule has 19 rings (SSSR count). The lowest BCUT2D eigenvalue weighted by molar-refractivity contribution is 0.669. The van der Waals surface area contributed by atoms with Gasteiger partial charge in [0.05, 0.1) is 5.69 Å². The summed E-state index contributed by atoms with van der Waals surface area (Å²) in [5, 5.41) is 14.7. The van der Waals surface area contributed by atoms with Gasteiger partial charge in [-0.1, -0.05) is 266 Å². The Hall–Kier alpha value is -12.2. The number of fused-ring (bicyclic) bond motifs is 10. The summed E-state index contributed by atoms with van der Waals surface area (Å²) in [6.45, 7) is 4.03. The molecule has 0 aliphatic carbocycles. The van der Waals surface area contributed by atoms with E-state index in [1.165, 1.54) is 58.1 Å². The second kappa shape index (κ2) is 23.8. The van der Waals surface area contributed by atoms with Crippen molar-refractivity contribution in [2.24, 2.45) is 0 Å². The third-order valence-electron chi connectivity index (χ3n) is 21.1. The van der Waals surface area contributed by atoms with Crippen LogP contribution in [0.25, 0.3) is 43.9 Å². The number of aryl methyl sites for hydroxylation is 2. The predicted molar refractivity (Wildman–Crippen MR) is 426 cm³/mol. The van der Waals surface area contributed by atoms with Crippen molar-refractivity contribution in [2.45, 2.75) is 13.8 Å². The lowest BCUT2D eigenvalue weighted by Crippen LogP contribution is -2.74. The van der Waals surface area contributed by atoms with Crippen LogP contribution in [0.4, 0.5) is 51.2 Å². The Kier molecular flexibility index (Phi) is 14.1. The molecule has 0 saturated heterocycles. The molecule has 472 valence electrons. The van der Waals surface area contributed by atoms with Crippen molar-refractivity contribution in [1.82, 2.24) is 0 Å². The Morgan fingerprint density at radius 2 is 0.570 bits per heavy atom. The number of benzene rings is 15. The van der Waals surface area contributed by atoms with Crippen molar-refractivity contribution < 1.29 is 8.83 Å². The van der Waals surface area contributed by atoms with Gasteiger partial charge >= 0.3 is 0 Å². The highest BCUT2D eigenvalue weighted by Gasteiger charge is 2.48. The van der Waals surface area contributed by atoms with E-state index in [-0.39, 0.29) is 6.71 Å². The molecule has 2 aliphatic rings. The maximum absolute atomic E-state index is 7.11. The van der Waals surface area contributed by atoms with E-state index in [1.807, 2.05) is 0 Å². The SMILES string of the molecule is Cc1ccc2oc3cc4c(cc3c2c1)N(c1cccc([Si](c2ccccc2)(c2ccccc2)c2ccccc2)c1)c1cc(N(c2ccccc2)c2ccccc2)cc2c1B4c1cc3oc4ccc(C)cc4c3cc1N2c1cccc([Si](c2ccccc2)(c2ccccc2)c2ccccc2)c1. The molecule has 2 aliphatic heterocycles. The number of rotatable bonds is 13. The number of furan rings is 2. The molecule has 0 saturated carbocycles. The lowest BCUT2D eigenvalue weighted by atomic mass is 9.33. The monoisotopic (exact) mass is 1310 g/mol. The van der Waals surface area contributed by atoms with E-state index in [9.17, 15) is 0 Å². The summed E-state index contributed by atoms with van der Waals surface area (Å²) in [7, 11) is -6.19. The third kappa shape index (κ3) is 9.28. The first-order valence-electron chi connectivity index (χ1n) is 34.6. The van der Waals surface area contributed by atoms with Crippen LogP contribution in [0, 0.1) is 13.8 Å². The fourth-order valence-corrected chi connectivity index (χ4v) is 26.5. The number of para-hydroxylation sites is 2. The van der Waals surface area contributed by atoms with Gasteiger partial charge in [-0.2, -0.15) is 0 Å². The molecule has 100 heavy (non-hydrogen) atoms. The highest BCUT2D eigenvalue weighted by Crippen LogP contribution is 2.50. The molecule has 17 aromatic rings. The molecule has 5 nitrogen and oxygen atoms in total. The standard InChI is InChI=1S/C92H66BN3O2Si2/c1-63-49-51-88-78(53-63)80-59-84-82(61-90(80)97-88)93-83-62-91-81(79-54-64(2)50-52-89(79)98-91)60-85(83)96(68-34-28-48-77(56-68)100(73-41-21-8-22-42-73,74-43-23-9-24-44-74)75-45-25-10-26-46-75)87-58-69(94(65-29-11-3-12-30-65)66-31-13-4-14-32-66)57-86(92(87)93)95(84)67-33-27-47-76(55-67)99(70-35-15-5-16-36-70,71-37-17-6-18-38-71)72-39-19-7-20-40-72/h3-62H,1-2H3. The van der Waals surface area contributed by atoms with Crippen LogP contribution >= 0.6 is 0 Å². The zero-order chi connectivity index (χ0) is 66.5. The molecule has 0 unspecified atom stereocenters. The molecule has 2 aromatic heterocycles. The molecule has 0 bridgehead atoms. The van der Waals surface area contributed by atoms with Gasteiger partial charge in [-0.15, -0.1) is 0 Å². The maximum atomic E-state index is 7.11. The van der Waals surface area contributed by atoms with Gasteiger partial charge in [0, 0.05) is 67.0 Å². The summed E-state index contributed by atoms with van der Waals surface area (Å²) in [5.41, 5.74) is 18.7. The first kappa shape index (κ1) is 59.1. The molecular formula is C92H66BN3O2Si2. The summed E-state index contributed by atoms with van der Waals surface area (Å²) < 4.78 is 14.2. The van der Waals surface area contributed by atoms with Crippen LogP contribution in [0.3, 0.4) is 0 Å². The normalized spacial score (nSPS) is 12.6. The van der Waals surface area contributed by atoms with Crippen LogP contribution in [0.5, 0.6) is 0 Å². The summed E-state index contributed by atoms with van der Waals surface area (Å²) in [6, 6.07) is 137. The summed E-state index contributed by atoms with van der Waals surface area (Å²) >= 11 is 0. The van der Waals surface area contributed by atoms with Gasteiger partial charge in [-0.05, 0) is 181 Å². The van der Waals surface area contributed by atoms with Crippen LogP contribution in [0.2, 0.25) is 0 Å². The minimum Gasteiger partial charge on any atom is -0.456 e. The predicted octanol–water partition coefficient (Wildman–Crippen LogP) is 16.4. The van der Waals surface area contributed by atoms with Crippen molar-refractivity contribution in [2.75, 3.05) is 14.7 Å². The molecule has 0 radical (unpaired) electrons. The molecule has 0 fully saturated rings. The molecule has 15 aromatic carbocycles. The van der Waals surface area contributed by atoms with Gasteiger partial charge in [-0.25, -0.2) is 0 Å². The second-order valence-electron chi connectivity index (χ2n) is 26.8. The van der Waals surface area contributed by atoms with E-state index in [0.29, 0.717) is 0 Å². The van der Waals surface area contributed by atoms with Crippen LogP contribution in [0.1, 0.15) is 11.1 Å². The third-order valence-corrected chi connectivity index (χ3v) is 30.7. The fourth-order valence-electron chi connectivity index (χ4n) is 16.9. The number of anilines is 9. The largest absolute Gasteiger partial charge is 0.456 e. The van der Waals surface area contributed by atoms with Crippen molar-refractivity contribution in [3.63, 3.8) is 0 Å². The average Bonchev–Trinajstić information content (AvgIpc) is 0.981. The van der Waals surface area contributed by atoms with E-state index in [0.717, 1.165) is 106 Å². The minimum absolute atomic E-state index is 0.318. The van der Waals surface area contributed by atoms with Crippen molar-refractivity contribution in [3.8, 4) is 0 Å². The van der Waals surface area contributed by atoms with Gasteiger partial charge in [0.15, 0.2) is 16.1 Å². The Morgan fingerprint density at radius 3 is 0.910 bits per heavy atom. The molecule has 0 amide bonds. The maximum Gasteiger partial charge on any atom is 0.252 e. The molecule has 4 heterocycles. The van der Waals surface area contributed by atoms with Gasteiger partial charge < -0.3 is 23.5 Å². The van der Waals surface area contributed by atoms with Crippen LogP contribution < -0.4 is 72.6 Å². The van der Waals surface area contributed by atoms with Crippen molar-refractivity contribution in [1.29, 1.82) is 0 Å². The van der Waals surface area contributed by atoms with E-state index < -0.39 is 16.1 Å². The van der Waals surface area contributed by atoms with Gasteiger partial charge in [0.2, 0.25) is 0 Å². The van der Waals surface area contributed by atoms with Crippen LogP contribution in [-0.4, -0.2) is 22.9 Å². The summed E-state index contributed by atoms with van der Waals surface area (Å²) in [6.07, 6.45) is 0. The van der Waals surface area contributed by atoms with Gasteiger partial charge in [0.1, 0.15) is 22.3 Å². The lowest BCUT2D eigenvalue weighted by Gasteiger charge is -2.45. The Bertz CT molecular complexity index is 5400. The molecular weight excluding hydrogens is 1250 g/mol. The van der Waals surface area contributed by atoms with E-state index in [2.05, 4.69) is 393 Å². The summed E-state index contributed by atoms with van der Waals surface area (Å²) in [5.74, 6) is 0. The molecule has 8 heteroatoms. The zero-order valence-electron chi connectivity index (χ0n) is 55.4. The quantitative estimate of drug-likeness (QED) is 0.0849. The van der Waals surface area contributed by atoms with Crippen LogP contribution in [-0.2, 0) is 0 Å². The first-order valence-corrected chi connectivity index (χ1v) is 38.6. The van der Waals surface area contributed by atoms with Crippen molar-refractivity contribution >= 4 is 176 Å². The van der Waals surface area contributed by atoms with E-state index in [1.54, 1.807) is 0 Å². The summed E-state index contributed by atoms with van der Waals surface area (Å²) in [4.78, 5) is 7.67.